The molecule has 0 bridgehead atoms. The van der Waals surface area contributed by atoms with Crippen LogP contribution in [0.15, 0.2) is 24.3 Å². The van der Waals surface area contributed by atoms with Crippen LogP contribution < -0.4 is 0 Å². The van der Waals surface area contributed by atoms with E-state index in [1.165, 1.54) is 24.5 Å². The number of aromatic amines is 1. The molecular weight excluding hydrogens is 448 g/mol. The zero-order chi connectivity index (χ0) is 23.6. The lowest BCUT2D eigenvalue weighted by molar-refractivity contribution is -0.207. The zero-order valence-corrected chi connectivity index (χ0v) is 21.0. The number of carbonyl (C=O) groups excluding carboxylic acids is 1. The molecule has 0 radical (unpaired) electrons. The molecule has 6 nitrogen and oxygen atoms in total. The molecule has 2 saturated heterocycles. The Bertz CT molecular complexity index is 1140. The number of nitrogens with zero attached hydrogens (tertiary/aromatic N) is 1. The van der Waals surface area contributed by atoms with Crippen LogP contribution in [0, 0.1) is 5.92 Å². The number of H-pyrrole nitrogens is 1. The van der Waals surface area contributed by atoms with E-state index in [2.05, 4.69) is 35.0 Å². The first-order valence-corrected chi connectivity index (χ1v) is 13.2. The predicted octanol–water partition coefficient (Wildman–Crippen LogP) is 4.99. The van der Waals surface area contributed by atoms with E-state index >= 15 is 0 Å². The SMILES string of the molecule is CC[C@@]1(C[C@H]2C[C@@]3(C(=O)OC)c4[nH]c5ccccc5c4CCN3C2=S)COC2(CCCCC2)O1. The second-order valence-corrected chi connectivity index (χ2v) is 11.0. The van der Waals surface area contributed by atoms with Gasteiger partial charge in [0, 0.05) is 36.2 Å². The minimum absolute atomic E-state index is 0.0498. The molecule has 1 saturated carbocycles. The minimum Gasteiger partial charge on any atom is -0.467 e. The van der Waals surface area contributed by atoms with Gasteiger partial charge in [0.05, 0.1) is 30.0 Å². The molecule has 1 aromatic heterocycles. The molecule has 0 unspecified atom stereocenters. The van der Waals surface area contributed by atoms with Gasteiger partial charge in [0.25, 0.3) is 0 Å². The van der Waals surface area contributed by atoms with Gasteiger partial charge in [-0.2, -0.15) is 0 Å². The van der Waals surface area contributed by atoms with Crippen LogP contribution in [-0.4, -0.2) is 52.5 Å². The Hall–Kier alpha value is -1.96. The van der Waals surface area contributed by atoms with Gasteiger partial charge in [-0.3, -0.25) is 0 Å². The van der Waals surface area contributed by atoms with Crippen molar-refractivity contribution in [2.45, 2.75) is 81.6 Å². The van der Waals surface area contributed by atoms with Crippen molar-refractivity contribution in [3.8, 4) is 0 Å². The molecule has 3 fully saturated rings. The number of methoxy groups -OCH3 is 1. The van der Waals surface area contributed by atoms with Crippen molar-refractivity contribution in [1.29, 1.82) is 0 Å². The maximum absolute atomic E-state index is 13.5. The number of hydrogen-bond donors (Lipinski definition) is 1. The number of rotatable bonds is 4. The number of fused-ring (bicyclic) bond motifs is 5. The molecule has 4 heterocycles. The lowest BCUT2D eigenvalue weighted by Gasteiger charge is -2.40. The van der Waals surface area contributed by atoms with Gasteiger partial charge in [-0.15, -0.1) is 0 Å². The quantitative estimate of drug-likeness (QED) is 0.489. The number of hydrogen-bond acceptors (Lipinski definition) is 5. The molecular formula is C27H34N2O4S. The van der Waals surface area contributed by atoms with Crippen LogP contribution in [0.25, 0.3) is 10.9 Å². The summed E-state index contributed by atoms with van der Waals surface area (Å²) in [6.45, 7) is 3.51. The van der Waals surface area contributed by atoms with Gasteiger partial charge in [-0.05, 0) is 50.2 Å². The zero-order valence-electron chi connectivity index (χ0n) is 20.2. The molecule has 3 aliphatic heterocycles. The number of benzene rings is 1. The Morgan fingerprint density at radius 2 is 2.06 bits per heavy atom. The van der Waals surface area contributed by atoms with Gasteiger partial charge in [-0.25, -0.2) is 4.79 Å². The summed E-state index contributed by atoms with van der Waals surface area (Å²) >= 11 is 6.08. The molecule has 34 heavy (non-hydrogen) atoms. The van der Waals surface area contributed by atoms with Crippen molar-refractivity contribution in [2.24, 2.45) is 5.92 Å². The van der Waals surface area contributed by atoms with Crippen LogP contribution in [0.2, 0.25) is 0 Å². The molecule has 1 aliphatic carbocycles. The van der Waals surface area contributed by atoms with Crippen LogP contribution in [0.3, 0.4) is 0 Å². The van der Waals surface area contributed by atoms with Crippen molar-refractivity contribution in [2.75, 3.05) is 20.3 Å². The van der Waals surface area contributed by atoms with E-state index in [1.54, 1.807) is 0 Å². The first kappa shape index (κ1) is 22.5. The van der Waals surface area contributed by atoms with Crippen LogP contribution in [0.5, 0.6) is 0 Å². The number of ether oxygens (including phenoxy) is 3. The summed E-state index contributed by atoms with van der Waals surface area (Å²) in [6, 6.07) is 8.29. The smallest absolute Gasteiger partial charge is 0.338 e. The van der Waals surface area contributed by atoms with E-state index in [9.17, 15) is 4.79 Å². The lowest BCUT2D eigenvalue weighted by Crippen LogP contribution is -2.53. The maximum Gasteiger partial charge on any atom is 0.338 e. The average Bonchev–Trinajstić information content (AvgIpc) is 3.51. The second kappa shape index (κ2) is 8.04. The van der Waals surface area contributed by atoms with Crippen molar-refractivity contribution >= 4 is 34.1 Å². The third-order valence-electron chi connectivity index (χ3n) is 8.83. The minimum atomic E-state index is -0.903. The Balaban J connectivity index is 1.36. The molecule has 2 aromatic rings. The molecule has 1 spiro atoms. The molecule has 182 valence electrons. The highest BCUT2D eigenvalue weighted by Gasteiger charge is 2.61. The monoisotopic (exact) mass is 482 g/mol. The number of nitrogens with one attached hydrogen (secondary N) is 1. The van der Waals surface area contributed by atoms with Crippen molar-refractivity contribution in [3.05, 3.63) is 35.5 Å². The highest BCUT2D eigenvalue weighted by atomic mass is 32.1. The van der Waals surface area contributed by atoms with Crippen LogP contribution in [0.4, 0.5) is 0 Å². The molecule has 3 atom stereocenters. The normalized spacial score (nSPS) is 32.2. The van der Waals surface area contributed by atoms with Crippen LogP contribution in [0.1, 0.15) is 69.5 Å². The first-order valence-electron chi connectivity index (χ1n) is 12.8. The third kappa shape index (κ3) is 3.12. The highest BCUT2D eigenvalue weighted by molar-refractivity contribution is 7.80. The van der Waals surface area contributed by atoms with Crippen molar-refractivity contribution < 1.29 is 19.0 Å². The molecule has 0 amide bonds. The summed E-state index contributed by atoms with van der Waals surface area (Å²) in [5.74, 6) is -0.608. The Morgan fingerprint density at radius 1 is 1.26 bits per heavy atom. The Labute approximate surface area is 206 Å². The molecule has 1 aromatic carbocycles. The molecule has 1 N–H and O–H groups in total. The summed E-state index contributed by atoms with van der Waals surface area (Å²) in [5.41, 5.74) is 1.97. The van der Waals surface area contributed by atoms with Crippen LogP contribution >= 0.6 is 12.2 Å². The summed E-state index contributed by atoms with van der Waals surface area (Å²) in [6.07, 6.45) is 8.62. The van der Waals surface area contributed by atoms with Gasteiger partial charge < -0.3 is 24.1 Å². The van der Waals surface area contributed by atoms with E-state index in [1.807, 2.05) is 6.07 Å². The topological polar surface area (TPSA) is 63.8 Å². The van der Waals surface area contributed by atoms with Crippen LogP contribution in [-0.2, 0) is 31.0 Å². The summed E-state index contributed by atoms with van der Waals surface area (Å²) in [5, 5.41) is 1.19. The van der Waals surface area contributed by atoms with Crippen molar-refractivity contribution in [3.63, 3.8) is 0 Å². The molecule has 6 rings (SSSR count). The van der Waals surface area contributed by atoms with E-state index in [0.29, 0.717) is 13.0 Å². The largest absolute Gasteiger partial charge is 0.467 e. The van der Waals surface area contributed by atoms with E-state index in [0.717, 1.165) is 67.7 Å². The first-order chi connectivity index (χ1) is 16.5. The number of para-hydroxylation sites is 1. The lowest BCUT2D eigenvalue weighted by atomic mass is 9.80. The number of esters is 1. The average molecular weight is 483 g/mol. The van der Waals surface area contributed by atoms with Gasteiger partial charge in [0.1, 0.15) is 0 Å². The second-order valence-electron chi connectivity index (χ2n) is 10.6. The maximum atomic E-state index is 13.5. The molecule has 7 heteroatoms. The summed E-state index contributed by atoms with van der Waals surface area (Å²) in [4.78, 5) is 20.1. The number of carbonyl (C=O) groups is 1. The van der Waals surface area contributed by atoms with Gasteiger partial charge in [0.2, 0.25) is 0 Å². The highest BCUT2D eigenvalue weighted by Crippen LogP contribution is 2.53. The van der Waals surface area contributed by atoms with Gasteiger partial charge >= 0.3 is 5.97 Å². The van der Waals surface area contributed by atoms with Gasteiger partial charge in [0.15, 0.2) is 11.3 Å². The third-order valence-corrected chi connectivity index (χ3v) is 9.39. The predicted molar refractivity (Wildman–Crippen MR) is 134 cm³/mol. The number of aromatic nitrogens is 1. The fraction of sp³-hybridized carbons (Fsp3) is 0.630. The fourth-order valence-electron chi connectivity index (χ4n) is 7.08. The van der Waals surface area contributed by atoms with Gasteiger partial charge in [-0.1, -0.05) is 43.8 Å². The molecule has 4 aliphatic rings. The summed E-state index contributed by atoms with van der Waals surface area (Å²) in [7, 11) is 1.48. The van der Waals surface area contributed by atoms with Crippen molar-refractivity contribution in [1.82, 2.24) is 9.88 Å². The number of thiocarbonyl (C=S) groups is 1. The Kier molecular flexibility index (Phi) is 5.32. The Morgan fingerprint density at radius 3 is 2.82 bits per heavy atom. The standard InChI is InChI=1S/C27H34N2O4S/c1-3-25(17-32-26(33-25)12-7-4-8-13-26)15-18-16-27(24(30)31-2)22-20(11-14-29(27)23(18)34)19-9-5-6-10-21(19)28-22/h5-6,9-10,18,28H,3-4,7-8,11-17H2,1-2H3/t18-,25+,27-/m0/s1. The summed E-state index contributed by atoms with van der Waals surface area (Å²) < 4.78 is 18.6. The van der Waals surface area contributed by atoms with E-state index < -0.39 is 11.3 Å². The van der Waals surface area contributed by atoms with E-state index in [-0.39, 0.29) is 17.5 Å². The van der Waals surface area contributed by atoms with E-state index in [4.69, 9.17) is 26.4 Å². The fourth-order valence-corrected chi connectivity index (χ4v) is 7.50.